The van der Waals surface area contributed by atoms with Crippen molar-refractivity contribution in [1.82, 2.24) is 0 Å². The van der Waals surface area contributed by atoms with Gasteiger partial charge in [-0.1, -0.05) is 30.3 Å². The second-order valence-electron chi connectivity index (χ2n) is 5.74. The Morgan fingerprint density at radius 2 is 1.50 bits per heavy atom. The highest BCUT2D eigenvalue weighted by atomic mass is 32.2. The first-order valence-electron chi connectivity index (χ1n) is 7.91. The maximum atomic E-state index is 12.2. The minimum atomic E-state index is -3.53. The highest BCUT2D eigenvalue weighted by Crippen LogP contribution is 2.20. The monoisotopic (exact) mass is 387 g/mol. The smallest absolute Gasteiger partial charge is 0.335 e. The topological polar surface area (TPSA) is 83.5 Å². The number of thiophene rings is 1. The summed E-state index contributed by atoms with van der Waals surface area (Å²) in [5, 5.41) is 10.6. The van der Waals surface area contributed by atoms with Crippen LogP contribution in [0.4, 0.5) is 5.69 Å². The van der Waals surface area contributed by atoms with Crippen molar-refractivity contribution < 1.29 is 18.3 Å². The molecule has 134 valence electrons. The Morgan fingerprint density at radius 3 is 2.00 bits per heavy atom. The van der Waals surface area contributed by atoms with Crippen LogP contribution < -0.4 is 4.72 Å². The summed E-state index contributed by atoms with van der Waals surface area (Å²) in [7, 11) is -3.53. The molecule has 0 spiro atoms. The van der Waals surface area contributed by atoms with E-state index in [0.717, 1.165) is 24.0 Å². The Morgan fingerprint density at radius 1 is 0.923 bits per heavy atom. The van der Waals surface area contributed by atoms with Gasteiger partial charge in [0, 0.05) is 5.69 Å². The van der Waals surface area contributed by atoms with Crippen LogP contribution in [0.15, 0.2) is 70.3 Å². The molecule has 0 fully saturated rings. The predicted molar refractivity (Wildman–Crippen MR) is 102 cm³/mol. The second-order valence-corrected chi connectivity index (χ2v) is 8.59. The highest BCUT2D eigenvalue weighted by molar-refractivity contribution is 7.94. The number of carboxylic acid groups (broad SMARTS) is 1. The van der Waals surface area contributed by atoms with E-state index < -0.39 is 16.0 Å². The fourth-order valence-corrected chi connectivity index (χ4v) is 4.52. The third kappa shape index (κ3) is 4.50. The molecule has 2 aromatic carbocycles. The number of nitrogens with one attached hydrogen (secondary N) is 1. The summed E-state index contributed by atoms with van der Waals surface area (Å²) in [6.07, 6.45) is 1.56. The number of benzene rings is 2. The van der Waals surface area contributed by atoms with E-state index in [1.54, 1.807) is 41.8 Å². The summed E-state index contributed by atoms with van der Waals surface area (Å²) >= 11 is 1.17. The van der Waals surface area contributed by atoms with Gasteiger partial charge in [0.05, 0.1) is 5.56 Å². The van der Waals surface area contributed by atoms with Crippen molar-refractivity contribution in [2.45, 2.75) is 17.1 Å². The van der Waals surface area contributed by atoms with Gasteiger partial charge < -0.3 is 5.11 Å². The van der Waals surface area contributed by atoms with Gasteiger partial charge in [-0.25, -0.2) is 13.2 Å². The van der Waals surface area contributed by atoms with Crippen LogP contribution in [0.25, 0.3) is 0 Å². The third-order valence-corrected chi connectivity index (χ3v) is 6.65. The highest BCUT2D eigenvalue weighted by Gasteiger charge is 2.14. The van der Waals surface area contributed by atoms with Crippen LogP contribution in [-0.2, 0) is 22.9 Å². The van der Waals surface area contributed by atoms with Crippen LogP contribution in [0.2, 0.25) is 0 Å². The molecule has 5 nitrogen and oxygen atoms in total. The molecule has 7 heteroatoms. The van der Waals surface area contributed by atoms with E-state index in [1.165, 1.54) is 11.3 Å². The predicted octanol–water partition coefficient (Wildman–Crippen LogP) is 4.03. The molecular formula is C19H17NO4S2. The maximum absolute atomic E-state index is 12.2. The lowest BCUT2D eigenvalue weighted by Gasteiger charge is -2.08. The summed E-state index contributed by atoms with van der Waals surface area (Å²) in [6.45, 7) is 0. The van der Waals surface area contributed by atoms with Gasteiger partial charge in [-0.15, -0.1) is 11.3 Å². The molecule has 1 aromatic heterocycles. The molecule has 26 heavy (non-hydrogen) atoms. The molecule has 0 amide bonds. The van der Waals surface area contributed by atoms with E-state index in [9.17, 15) is 13.2 Å². The van der Waals surface area contributed by atoms with E-state index in [2.05, 4.69) is 4.72 Å². The lowest BCUT2D eigenvalue weighted by molar-refractivity contribution is 0.0697. The van der Waals surface area contributed by atoms with E-state index in [4.69, 9.17) is 5.11 Å². The standard InChI is InChI=1S/C19H17NO4S2/c21-19(22)16-9-5-14(6-10-16)3-4-15-7-11-17(12-8-15)20-26(23,24)18-2-1-13-25-18/h1-2,5-13,20H,3-4H2,(H,21,22). The quantitative estimate of drug-likeness (QED) is 0.641. The zero-order valence-corrected chi connectivity index (χ0v) is 15.4. The van der Waals surface area contributed by atoms with Gasteiger partial charge in [0.15, 0.2) is 0 Å². The fraction of sp³-hybridized carbons (Fsp3) is 0.105. The molecule has 0 aliphatic heterocycles. The molecule has 0 atom stereocenters. The van der Waals surface area contributed by atoms with E-state index in [-0.39, 0.29) is 9.77 Å². The summed E-state index contributed by atoms with van der Waals surface area (Å²) < 4.78 is 27.2. The number of sulfonamides is 1. The van der Waals surface area contributed by atoms with E-state index in [1.807, 2.05) is 24.3 Å². The van der Waals surface area contributed by atoms with Gasteiger partial charge in [-0.05, 0) is 59.7 Å². The zero-order valence-electron chi connectivity index (χ0n) is 13.8. The number of aromatic carboxylic acids is 1. The van der Waals surface area contributed by atoms with Gasteiger partial charge in [-0.3, -0.25) is 4.72 Å². The lowest BCUT2D eigenvalue weighted by Crippen LogP contribution is -2.11. The van der Waals surface area contributed by atoms with Crippen LogP contribution in [-0.4, -0.2) is 19.5 Å². The van der Waals surface area contributed by atoms with Crippen LogP contribution in [0.5, 0.6) is 0 Å². The first kappa shape index (κ1) is 18.2. The number of hydrogen-bond donors (Lipinski definition) is 2. The summed E-state index contributed by atoms with van der Waals surface area (Å²) in [5.74, 6) is -0.933. The number of aryl methyl sites for hydroxylation is 2. The number of rotatable bonds is 7. The fourth-order valence-electron chi connectivity index (χ4n) is 2.46. The second kappa shape index (κ2) is 7.72. The summed E-state index contributed by atoms with van der Waals surface area (Å²) in [6, 6.07) is 17.3. The van der Waals surface area contributed by atoms with Crippen molar-refractivity contribution >= 4 is 33.0 Å². The minimum absolute atomic E-state index is 0.274. The van der Waals surface area contributed by atoms with Gasteiger partial charge in [0.25, 0.3) is 10.0 Å². The third-order valence-electron chi connectivity index (χ3n) is 3.87. The van der Waals surface area contributed by atoms with Crippen molar-refractivity contribution in [3.05, 3.63) is 82.7 Å². The van der Waals surface area contributed by atoms with Crippen molar-refractivity contribution in [2.24, 2.45) is 0 Å². The summed E-state index contributed by atoms with van der Waals surface area (Å²) in [5.41, 5.74) is 2.92. The zero-order chi connectivity index (χ0) is 18.6. The molecule has 0 radical (unpaired) electrons. The first-order chi connectivity index (χ1) is 12.4. The average molecular weight is 387 g/mol. The first-order valence-corrected chi connectivity index (χ1v) is 10.3. The van der Waals surface area contributed by atoms with E-state index in [0.29, 0.717) is 5.69 Å². The molecule has 0 aliphatic carbocycles. The van der Waals surface area contributed by atoms with Crippen molar-refractivity contribution in [2.75, 3.05) is 4.72 Å². The molecule has 3 aromatic rings. The maximum Gasteiger partial charge on any atom is 0.335 e. The Balaban J connectivity index is 1.60. The molecule has 2 N–H and O–H groups in total. The van der Waals surface area contributed by atoms with Crippen LogP contribution in [0.1, 0.15) is 21.5 Å². The molecule has 0 aliphatic rings. The minimum Gasteiger partial charge on any atom is -0.478 e. The Hall–Kier alpha value is -2.64. The number of anilines is 1. The van der Waals surface area contributed by atoms with Gasteiger partial charge in [0.1, 0.15) is 4.21 Å². The summed E-state index contributed by atoms with van der Waals surface area (Å²) in [4.78, 5) is 10.8. The van der Waals surface area contributed by atoms with Crippen LogP contribution in [0, 0.1) is 0 Å². The van der Waals surface area contributed by atoms with Crippen molar-refractivity contribution in [3.63, 3.8) is 0 Å². The average Bonchev–Trinajstić information content (AvgIpc) is 3.17. The Labute approximate surface area is 156 Å². The van der Waals surface area contributed by atoms with Crippen molar-refractivity contribution in [3.8, 4) is 0 Å². The van der Waals surface area contributed by atoms with Gasteiger partial charge in [-0.2, -0.15) is 0 Å². The molecule has 0 unspecified atom stereocenters. The Kier molecular flexibility index (Phi) is 5.39. The molecule has 0 bridgehead atoms. The molecular weight excluding hydrogens is 370 g/mol. The number of carbonyl (C=O) groups is 1. The lowest BCUT2D eigenvalue weighted by atomic mass is 10.0. The van der Waals surface area contributed by atoms with Gasteiger partial charge >= 0.3 is 5.97 Å². The largest absolute Gasteiger partial charge is 0.478 e. The molecule has 1 heterocycles. The van der Waals surface area contributed by atoms with Gasteiger partial charge in [0.2, 0.25) is 0 Å². The van der Waals surface area contributed by atoms with E-state index >= 15 is 0 Å². The van der Waals surface area contributed by atoms with Crippen LogP contribution >= 0.6 is 11.3 Å². The molecule has 0 saturated carbocycles. The van der Waals surface area contributed by atoms with Crippen molar-refractivity contribution in [1.29, 1.82) is 0 Å². The van der Waals surface area contributed by atoms with Crippen LogP contribution in [0.3, 0.4) is 0 Å². The Bertz CT molecular complexity index is 977. The SMILES string of the molecule is O=C(O)c1ccc(CCc2ccc(NS(=O)(=O)c3cccs3)cc2)cc1. The number of hydrogen-bond acceptors (Lipinski definition) is 4. The molecule has 0 saturated heterocycles. The number of carboxylic acids is 1. The molecule has 3 rings (SSSR count). The normalized spacial score (nSPS) is 11.2.